The molecule has 0 N–H and O–H groups in total. The molecular formula is C15H18N+. The molecule has 2 rings (SSSR count). The Labute approximate surface area is 102 Å². The van der Waals surface area contributed by atoms with Crippen molar-refractivity contribution in [3.8, 4) is 11.3 Å². The molecule has 0 aliphatic carbocycles. The van der Waals surface area contributed by atoms with E-state index >= 15 is 0 Å². The van der Waals surface area contributed by atoms with Crippen molar-refractivity contribution in [3.05, 3.63) is 53.2 Å². The summed E-state index contributed by atoms with van der Waals surface area (Å²) in [5.41, 5.74) is 4.93. The highest BCUT2D eigenvalue weighted by molar-refractivity contribution is 5.61. The van der Waals surface area contributed by atoms with Crippen molar-refractivity contribution in [2.75, 3.05) is 0 Å². The van der Waals surface area contributed by atoms with Gasteiger partial charge in [0.05, 0.1) is 0 Å². The maximum atomic E-state index is 7.44. The Bertz CT molecular complexity index is 615. The molecule has 1 heterocycles. The lowest BCUT2D eigenvalue weighted by molar-refractivity contribution is -0.660. The van der Waals surface area contributed by atoms with E-state index in [9.17, 15) is 0 Å². The number of aryl methyl sites for hydroxylation is 4. The topological polar surface area (TPSA) is 3.88 Å². The van der Waals surface area contributed by atoms with E-state index in [0.29, 0.717) is 5.56 Å². The van der Waals surface area contributed by atoms with Gasteiger partial charge in [-0.15, -0.1) is 0 Å². The Balaban J connectivity index is 2.52. The lowest BCUT2D eigenvalue weighted by Gasteiger charge is -2.05. The van der Waals surface area contributed by atoms with Gasteiger partial charge in [-0.3, -0.25) is 0 Å². The first-order valence-corrected chi connectivity index (χ1v) is 5.37. The second-order valence-electron chi connectivity index (χ2n) is 4.23. The monoisotopic (exact) mass is 215 g/mol. The number of pyridine rings is 1. The molecule has 1 heteroatoms. The number of aromatic nitrogens is 1. The third kappa shape index (κ3) is 1.99. The molecule has 0 radical (unpaired) electrons. The molecule has 0 atom stereocenters. The molecule has 0 aliphatic rings. The molecule has 1 aromatic carbocycles. The van der Waals surface area contributed by atoms with Crippen LogP contribution < -0.4 is 4.57 Å². The summed E-state index contributed by atoms with van der Waals surface area (Å²) in [4.78, 5) is 0. The summed E-state index contributed by atoms with van der Waals surface area (Å²) in [5.74, 6) is 0. The van der Waals surface area contributed by atoms with E-state index in [4.69, 9.17) is 4.11 Å². The van der Waals surface area contributed by atoms with Crippen LogP contribution in [0.5, 0.6) is 0 Å². The predicted octanol–water partition coefficient (Wildman–Crippen LogP) is 3.10. The van der Waals surface area contributed by atoms with Crippen molar-refractivity contribution in [2.24, 2.45) is 7.05 Å². The van der Waals surface area contributed by atoms with Crippen molar-refractivity contribution in [1.82, 2.24) is 0 Å². The van der Waals surface area contributed by atoms with E-state index in [1.807, 2.05) is 17.7 Å². The highest BCUT2D eigenvalue weighted by Crippen LogP contribution is 2.21. The summed E-state index contributed by atoms with van der Waals surface area (Å²) in [5, 5.41) is 0. The minimum atomic E-state index is -2.06. The zero-order valence-corrected chi connectivity index (χ0v) is 9.91. The quantitative estimate of drug-likeness (QED) is 0.644. The first-order valence-electron chi connectivity index (χ1n) is 6.87. The fraction of sp³-hybridized carbons (Fsp3) is 0.267. The molecule has 1 aromatic heterocycles. The second kappa shape index (κ2) is 4.09. The Morgan fingerprint density at radius 3 is 2.44 bits per heavy atom. The van der Waals surface area contributed by atoms with Gasteiger partial charge in [0.15, 0.2) is 6.20 Å². The average Bonchev–Trinajstić information content (AvgIpc) is 2.28. The Kier molecular flexibility index (Phi) is 1.95. The van der Waals surface area contributed by atoms with Crippen LogP contribution in [0, 0.1) is 20.7 Å². The molecule has 0 saturated carbocycles. The summed E-state index contributed by atoms with van der Waals surface area (Å²) in [6, 6.07) is 9.84. The molecule has 0 spiro atoms. The molecule has 0 fully saturated rings. The van der Waals surface area contributed by atoms with E-state index in [1.54, 1.807) is 12.3 Å². The van der Waals surface area contributed by atoms with Crippen LogP contribution in [0.25, 0.3) is 11.3 Å². The summed E-state index contributed by atoms with van der Waals surface area (Å²) in [7, 11) is 1.88. The fourth-order valence-electron chi connectivity index (χ4n) is 1.99. The lowest BCUT2D eigenvalue weighted by Crippen LogP contribution is -2.31. The minimum absolute atomic E-state index is 0.364. The van der Waals surface area contributed by atoms with Crippen LogP contribution >= 0.6 is 0 Å². The maximum Gasteiger partial charge on any atom is 0.212 e. The van der Waals surface area contributed by atoms with Crippen molar-refractivity contribution >= 4 is 0 Å². The predicted molar refractivity (Wildman–Crippen MR) is 67.3 cm³/mol. The van der Waals surface area contributed by atoms with Crippen LogP contribution in [0.3, 0.4) is 0 Å². The molecule has 0 aliphatic heterocycles. The molecule has 0 amide bonds. The number of benzene rings is 1. The third-order valence-electron chi connectivity index (χ3n) is 2.79. The highest BCUT2D eigenvalue weighted by Gasteiger charge is 2.11. The number of rotatable bonds is 1. The summed E-state index contributed by atoms with van der Waals surface area (Å²) in [6.45, 7) is 2.08. The molecular weight excluding hydrogens is 194 g/mol. The van der Waals surface area contributed by atoms with Gasteiger partial charge in [-0.05, 0) is 38.4 Å². The van der Waals surface area contributed by atoms with Gasteiger partial charge in [0.25, 0.3) is 0 Å². The lowest BCUT2D eigenvalue weighted by atomic mass is 10.0. The van der Waals surface area contributed by atoms with Crippen LogP contribution in [0.2, 0.25) is 0 Å². The van der Waals surface area contributed by atoms with Crippen molar-refractivity contribution in [2.45, 2.75) is 20.7 Å². The maximum absolute atomic E-state index is 7.44. The smallest absolute Gasteiger partial charge is 0.201 e. The SMILES string of the molecule is [2H]C([2H])([2H])c1ccc(-c2ccc(C)cc2C)[n+](C)c1. The van der Waals surface area contributed by atoms with Crippen molar-refractivity contribution in [1.29, 1.82) is 0 Å². The van der Waals surface area contributed by atoms with E-state index in [0.717, 1.165) is 11.3 Å². The van der Waals surface area contributed by atoms with Crippen LogP contribution in [-0.4, -0.2) is 0 Å². The highest BCUT2D eigenvalue weighted by atomic mass is 14.9. The third-order valence-corrected chi connectivity index (χ3v) is 2.79. The molecule has 1 nitrogen and oxygen atoms in total. The number of hydrogen-bond acceptors (Lipinski definition) is 0. The van der Waals surface area contributed by atoms with Crippen molar-refractivity contribution < 1.29 is 8.68 Å². The largest absolute Gasteiger partial charge is 0.212 e. The number of nitrogens with zero attached hydrogens (tertiary/aromatic N) is 1. The summed E-state index contributed by atoms with van der Waals surface area (Å²) < 4.78 is 24.2. The zero-order valence-electron chi connectivity index (χ0n) is 12.9. The van der Waals surface area contributed by atoms with Crippen LogP contribution in [0.4, 0.5) is 0 Å². The van der Waals surface area contributed by atoms with E-state index < -0.39 is 6.85 Å². The Morgan fingerprint density at radius 1 is 1.06 bits per heavy atom. The van der Waals surface area contributed by atoms with Gasteiger partial charge in [-0.2, -0.15) is 0 Å². The van der Waals surface area contributed by atoms with Gasteiger partial charge in [-0.25, -0.2) is 4.57 Å². The molecule has 0 unspecified atom stereocenters. The molecule has 16 heavy (non-hydrogen) atoms. The van der Waals surface area contributed by atoms with Crippen molar-refractivity contribution in [3.63, 3.8) is 0 Å². The molecule has 0 bridgehead atoms. The van der Waals surface area contributed by atoms with Crippen LogP contribution in [-0.2, 0) is 7.05 Å². The normalized spacial score (nSPS) is 14.1. The standard InChI is InChI=1S/C15H18N/c1-11-5-7-14(13(3)9-11)15-8-6-12(2)10-16(15)4/h5-10H,1-4H3/q+1/i2D3. The van der Waals surface area contributed by atoms with Gasteiger partial charge in [0.1, 0.15) is 7.05 Å². The molecule has 2 aromatic rings. The average molecular weight is 215 g/mol. The summed E-state index contributed by atoms with van der Waals surface area (Å²) in [6.07, 6.45) is 1.68. The summed E-state index contributed by atoms with van der Waals surface area (Å²) >= 11 is 0. The molecule has 0 saturated heterocycles. The van der Waals surface area contributed by atoms with E-state index in [2.05, 4.69) is 32.0 Å². The van der Waals surface area contributed by atoms with Gasteiger partial charge >= 0.3 is 0 Å². The van der Waals surface area contributed by atoms with Crippen LogP contribution in [0.15, 0.2) is 36.5 Å². The Morgan fingerprint density at radius 2 is 1.81 bits per heavy atom. The Hall–Kier alpha value is -1.63. The van der Waals surface area contributed by atoms with Gasteiger partial charge in [0.2, 0.25) is 5.69 Å². The second-order valence-corrected chi connectivity index (χ2v) is 4.23. The minimum Gasteiger partial charge on any atom is -0.201 e. The van der Waals surface area contributed by atoms with E-state index in [-0.39, 0.29) is 0 Å². The zero-order chi connectivity index (χ0) is 14.2. The first-order chi connectivity index (χ1) is 8.79. The number of hydrogen-bond donors (Lipinski definition) is 0. The first kappa shape index (κ1) is 7.61. The van der Waals surface area contributed by atoms with Crippen LogP contribution in [0.1, 0.15) is 20.8 Å². The van der Waals surface area contributed by atoms with Gasteiger partial charge in [0, 0.05) is 21.3 Å². The van der Waals surface area contributed by atoms with Gasteiger partial charge < -0.3 is 0 Å². The van der Waals surface area contributed by atoms with Gasteiger partial charge in [-0.1, -0.05) is 17.7 Å². The van der Waals surface area contributed by atoms with E-state index in [1.165, 1.54) is 11.1 Å². The molecule has 82 valence electrons. The fourth-order valence-corrected chi connectivity index (χ4v) is 1.99.